The molecule has 2 aromatic heterocycles. The van der Waals surface area contributed by atoms with Crippen molar-refractivity contribution in [2.75, 3.05) is 18.6 Å². The van der Waals surface area contributed by atoms with Gasteiger partial charge in [0, 0.05) is 29.5 Å². The average Bonchev–Trinajstić information content (AvgIpc) is 3.49. The van der Waals surface area contributed by atoms with E-state index in [0.717, 1.165) is 28.5 Å². The molecule has 0 spiro atoms. The Balaban J connectivity index is 1.62. The third-order valence-corrected chi connectivity index (χ3v) is 6.63. The molecule has 5 rings (SSSR count). The molecule has 0 radical (unpaired) electrons. The second-order valence-electron chi connectivity index (χ2n) is 8.05. The Morgan fingerprint density at radius 1 is 1.03 bits per heavy atom. The van der Waals surface area contributed by atoms with Gasteiger partial charge in [0.1, 0.15) is 17.5 Å². The lowest BCUT2D eigenvalue weighted by Crippen LogP contribution is -2.30. The summed E-state index contributed by atoms with van der Waals surface area (Å²) >= 11 is 12.4. The largest absolute Gasteiger partial charge is 0.495 e. The fourth-order valence-corrected chi connectivity index (χ4v) is 5.08. The molecule has 8 heteroatoms. The van der Waals surface area contributed by atoms with Crippen LogP contribution in [0, 0.1) is 0 Å². The van der Waals surface area contributed by atoms with E-state index in [9.17, 15) is 0 Å². The van der Waals surface area contributed by atoms with Crippen LogP contribution in [0.5, 0.6) is 11.5 Å². The Hall–Kier alpha value is -3.55. The molecule has 1 N–H and O–H groups in total. The van der Waals surface area contributed by atoms with Gasteiger partial charge < -0.3 is 24.3 Å². The molecule has 0 aliphatic carbocycles. The first-order valence-electron chi connectivity index (χ1n) is 11.4. The Kier molecular flexibility index (Phi) is 6.61. The number of nitrogens with zero attached hydrogens (tertiary/aromatic N) is 3. The third-order valence-electron chi connectivity index (χ3n) is 6.02. The molecule has 1 saturated heterocycles. The molecule has 3 heterocycles. The number of thiocarbonyl (C=S) groups is 1. The molecule has 0 saturated carbocycles. The first-order chi connectivity index (χ1) is 17.1. The summed E-state index contributed by atoms with van der Waals surface area (Å²) in [5.41, 5.74) is 3.86. The predicted molar refractivity (Wildman–Crippen MR) is 143 cm³/mol. The maximum atomic E-state index is 6.50. The number of nitrogens with one attached hydrogen (secondary N) is 1. The number of hydrogen-bond donors (Lipinski definition) is 1. The van der Waals surface area contributed by atoms with Crippen LogP contribution < -0.4 is 19.7 Å². The number of anilines is 1. The van der Waals surface area contributed by atoms with Gasteiger partial charge in [0.05, 0.1) is 30.5 Å². The monoisotopic (exact) mass is 504 g/mol. The van der Waals surface area contributed by atoms with E-state index in [-0.39, 0.29) is 12.1 Å². The summed E-state index contributed by atoms with van der Waals surface area (Å²) in [6.45, 7) is 2.61. The van der Waals surface area contributed by atoms with Crippen molar-refractivity contribution in [2.45, 2.75) is 19.0 Å². The SMILES string of the molecule is CCOc1ccc(-n2cccc2[C@H]2[C@@H](c3ccccn3)NC(=S)N2c2ccc(OC)c(Cl)c2)cc1. The van der Waals surface area contributed by atoms with E-state index in [0.29, 0.717) is 22.5 Å². The normalized spacial score (nSPS) is 17.3. The highest BCUT2D eigenvalue weighted by atomic mass is 35.5. The molecule has 1 aliphatic rings. The first-order valence-corrected chi connectivity index (χ1v) is 12.1. The number of halogens is 1. The fourth-order valence-electron chi connectivity index (χ4n) is 4.48. The molecule has 2 atom stereocenters. The highest BCUT2D eigenvalue weighted by Gasteiger charge is 2.42. The van der Waals surface area contributed by atoms with Crippen LogP contribution in [0.2, 0.25) is 5.02 Å². The molecule has 0 unspecified atom stereocenters. The van der Waals surface area contributed by atoms with E-state index < -0.39 is 0 Å². The Labute approximate surface area is 215 Å². The van der Waals surface area contributed by atoms with Gasteiger partial charge in [0.25, 0.3) is 0 Å². The standard InChI is InChI=1S/C27H25ClN4O2S/c1-3-34-20-12-9-18(10-13-20)31-16-6-8-23(31)26-25(22-7-4-5-15-29-22)30-27(35)32(26)19-11-14-24(33-2)21(28)17-19/h4-17,25-26H,3H2,1-2H3,(H,30,35)/t25-,26+/m1/s1. The maximum Gasteiger partial charge on any atom is 0.174 e. The van der Waals surface area contributed by atoms with Crippen LogP contribution in [0.3, 0.4) is 0 Å². The van der Waals surface area contributed by atoms with Crippen molar-refractivity contribution in [2.24, 2.45) is 0 Å². The zero-order valence-electron chi connectivity index (χ0n) is 19.4. The van der Waals surface area contributed by atoms with Crippen LogP contribution in [0.4, 0.5) is 5.69 Å². The predicted octanol–water partition coefficient (Wildman–Crippen LogP) is 6.11. The highest BCUT2D eigenvalue weighted by molar-refractivity contribution is 7.80. The molecule has 178 valence electrons. The molecular formula is C27H25ClN4O2S. The van der Waals surface area contributed by atoms with Crippen molar-refractivity contribution in [1.29, 1.82) is 0 Å². The zero-order valence-corrected chi connectivity index (χ0v) is 21.0. The van der Waals surface area contributed by atoms with Crippen LogP contribution in [0.1, 0.15) is 30.4 Å². The maximum absolute atomic E-state index is 6.50. The van der Waals surface area contributed by atoms with Crippen molar-refractivity contribution in [3.8, 4) is 17.2 Å². The van der Waals surface area contributed by atoms with Crippen molar-refractivity contribution in [1.82, 2.24) is 14.9 Å². The molecule has 0 amide bonds. The van der Waals surface area contributed by atoms with E-state index in [2.05, 4.69) is 44.2 Å². The lowest BCUT2D eigenvalue weighted by molar-refractivity contribution is 0.340. The minimum atomic E-state index is -0.177. The second kappa shape index (κ2) is 9.98. The van der Waals surface area contributed by atoms with Gasteiger partial charge >= 0.3 is 0 Å². The van der Waals surface area contributed by atoms with Gasteiger partial charge in [-0.3, -0.25) is 4.98 Å². The van der Waals surface area contributed by atoms with Crippen molar-refractivity contribution >= 4 is 34.6 Å². The Bertz CT molecular complexity index is 1330. The Morgan fingerprint density at radius 3 is 2.51 bits per heavy atom. The smallest absolute Gasteiger partial charge is 0.174 e. The minimum Gasteiger partial charge on any atom is -0.495 e. The summed E-state index contributed by atoms with van der Waals surface area (Å²) in [4.78, 5) is 6.74. The van der Waals surface area contributed by atoms with E-state index >= 15 is 0 Å². The number of aromatic nitrogens is 2. The first kappa shape index (κ1) is 23.2. The summed E-state index contributed by atoms with van der Waals surface area (Å²) in [5.74, 6) is 1.46. The summed E-state index contributed by atoms with van der Waals surface area (Å²) in [6, 6.07) is 23.5. The van der Waals surface area contributed by atoms with E-state index in [1.165, 1.54) is 0 Å². The van der Waals surface area contributed by atoms with Gasteiger partial charge in [-0.15, -0.1) is 0 Å². The summed E-state index contributed by atoms with van der Waals surface area (Å²) in [6.07, 6.45) is 3.86. The molecule has 6 nitrogen and oxygen atoms in total. The number of hydrogen-bond acceptors (Lipinski definition) is 4. The van der Waals surface area contributed by atoms with Crippen LogP contribution >= 0.6 is 23.8 Å². The quantitative estimate of drug-likeness (QED) is 0.306. The average molecular weight is 505 g/mol. The highest BCUT2D eigenvalue weighted by Crippen LogP contribution is 2.43. The topological polar surface area (TPSA) is 51.5 Å². The van der Waals surface area contributed by atoms with Crippen LogP contribution in [0.25, 0.3) is 5.69 Å². The van der Waals surface area contributed by atoms with Gasteiger partial charge in [-0.2, -0.15) is 0 Å². The molecular weight excluding hydrogens is 480 g/mol. The van der Waals surface area contributed by atoms with Crippen LogP contribution in [-0.2, 0) is 0 Å². The zero-order chi connectivity index (χ0) is 24.4. The lowest BCUT2D eigenvalue weighted by atomic mass is 10.0. The third kappa shape index (κ3) is 4.45. The van der Waals surface area contributed by atoms with Gasteiger partial charge in [-0.1, -0.05) is 17.7 Å². The van der Waals surface area contributed by atoms with Crippen LogP contribution in [0.15, 0.2) is 85.2 Å². The van der Waals surface area contributed by atoms with E-state index in [1.807, 2.05) is 61.5 Å². The second-order valence-corrected chi connectivity index (χ2v) is 8.84. The Morgan fingerprint density at radius 2 is 1.83 bits per heavy atom. The minimum absolute atomic E-state index is 0.166. The molecule has 35 heavy (non-hydrogen) atoms. The fraction of sp³-hybridized carbons (Fsp3) is 0.185. The molecule has 1 aliphatic heterocycles. The molecule has 2 aromatic carbocycles. The molecule has 0 bridgehead atoms. The van der Waals surface area contributed by atoms with Crippen molar-refractivity contribution in [3.05, 3.63) is 102 Å². The van der Waals surface area contributed by atoms with Gasteiger partial charge in [-0.05, 0) is 85.9 Å². The number of ether oxygens (including phenoxy) is 2. The van der Waals surface area contributed by atoms with Crippen molar-refractivity contribution < 1.29 is 9.47 Å². The summed E-state index contributed by atoms with van der Waals surface area (Å²) in [5, 5.41) is 4.62. The number of methoxy groups -OCH3 is 1. The number of pyridine rings is 1. The van der Waals surface area contributed by atoms with Crippen molar-refractivity contribution in [3.63, 3.8) is 0 Å². The number of benzene rings is 2. The molecule has 1 fully saturated rings. The lowest BCUT2D eigenvalue weighted by Gasteiger charge is -2.29. The van der Waals surface area contributed by atoms with E-state index in [4.69, 9.17) is 33.3 Å². The summed E-state index contributed by atoms with van der Waals surface area (Å²) in [7, 11) is 1.60. The van der Waals surface area contributed by atoms with Gasteiger partial charge in [-0.25, -0.2) is 0 Å². The van der Waals surface area contributed by atoms with Crippen LogP contribution in [-0.4, -0.2) is 28.4 Å². The number of rotatable bonds is 7. The van der Waals surface area contributed by atoms with E-state index in [1.54, 1.807) is 13.3 Å². The molecule has 4 aromatic rings. The summed E-state index contributed by atoms with van der Waals surface area (Å²) < 4.78 is 13.2. The van der Waals surface area contributed by atoms with Gasteiger partial charge in [0.2, 0.25) is 0 Å². The van der Waals surface area contributed by atoms with Gasteiger partial charge in [0.15, 0.2) is 5.11 Å².